The third-order valence-corrected chi connectivity index (χ3v) is 3.64. The lowest BCUT2D eigenvalue weighted by Gasteiger charge is -2.19. The standard InChI is InChI=1S/C18H19NO3/c1-12-7-9-14(10-8-12)21-11-13(2)19-17-15-5-3-4-6-16(15)18(20)22-17/h3-10,13,17,19H,11H2,1-2H3. The first-order valence-electron chi connectivity index (χ1n) is 7.39. The van der Waals surface area contributed by atoms with E-state index in [4.69, 9.17) is 9.47 Å². The van der Waals surface area contributed by atoms with Crippen LogP contribution in [0.3, 0.4) is 0 Å². The Labute approximate surface area is 130 Å². The van der Waals surface area contributed by atoms with Crippen molar-refractivity contribution in [1.29, 1.82) is 0 Å². The van der Waals surface area contributed by atoms with E-state index in [-0.39, 0.29) is 12.0 Å². The number of ether oxygens (including phenoxy) is 2. The zero-order chi connectivity index (χ0) is 15.5. The molecule has 0 saturated heterocycles. The number of hydrogen-bond acceptors (Lipinski definition) is 4. The zero-order valence-corrected chi connectivity index (χ0v) is 12.7. The van der Waals surface area contributed by atoms with Gasteiger partial charge in [-0.2, -0.15) is 0 Å². The van der Waals surface area contributed by atoms with Gasteiger partial charge in [0.1, 0.15) is 12.4 Å². The highest BCUT2D eigenvalue weighted by Crippen LogP contribution is 2.28. The number of aryl methyl sites for hydroxylation is 1. The first-order chi connectivity index (χ1) is 10.6. The monoisotopic (exact) mass is 297 g/mol. The summed E-state index contributed by atoms with van der Waals surface area (Å²) in [4.78, 5) is 11.8. The number of cyclic esters (lactones) is 1. The molecule has 2 aromatic carbocycles. The SMILES string of the molecule is Cc1ccc(OCC(C)NC2OC(=O)c3ccccc32)cc1. The number of rotatable bonds is 5. The van der Waals surface area contributed by atoms with Gasteiger partial charge in [-0.05, 0) is 32.0 Å². The summed E-state index contributed by atoms with van der Waals surface area (Å²) in [7, 11) is 0. The van der Waals surface area contributed by atoms with Gasteiger partial charge in [-0.1, -0.05) is 35.9 Å². The lowest BCUT2D eigenvalue weighted by Crippen LogP contribution is -2.35. The third-order valence-electron chi connectivity index (χ3n) is 3.64. The second-order valence-electron chi connectivity index (χ2n) is 5.56. The topological polar surface area (TPSA) is 47.6 Å². The predicted octanol–water partition coefficient (Wildman–Crippen LogP) is 3.22. The largest absolute Gasteiger partial charge is 0.492 e. The molecule has 1 aliphatic heterocycles. The molecule has 0 saturated carbocycles. The fourth-order valence-corrected chi connectivity index (χ4v) is 2.43. The summed E-state index contributed by atoms with van der Waals surface area (Å²) in [6.07, 6.45) is -0.402. The lowest BCUT2D eigenvalue weighted by molar-refractivity contribution is 0.0264. The summed E-state index contributed by atoms with van der Waals surface area (Å²) in [5.41, 5.74) is 2.72. The summed E-state index contributed by atoms with van der Waals surface area (Å²) in [5, 5.41) is 3.28. The first-order valence-corrected chi connectivity index (χ1v) is 7.39. The van der Waals surface area contributed by atoms with Crippen LogP contribution in [0.4, 0.5) is 0 Å². The molecule has 2 atom stereocenters. The number of fused-ring (bicyclic) bond motifs is 1. The summed E-state index contributed by atoms with van der Waals surface area (Å²) in [6, 6.07) is 15.4. The Hall–Kier alpha value is -2.33. The Morgan fingerprint density at radius 1 is 1.18 bits per heavy atom. The molecule has 0 bridgehead atoms. The van der Waals surface area contributed by atoms with Crippen molar-refractivity contribution in [3.63, 3.8) is 0 Å². The van der Waals surface area contributed by atoms with E-state index < -0.39 is 6.23 Å². The number of carbonyl (C=O) groups excluding carboxylic acids is 1. The van der Waals surface area contributed by atoms with Crippen molar-refractivity contribution in [1.82, 2.24) is 5.32 Å². The van der Waals surface area contributed by atoms with Gasteiger partial charge >= 0.3 is 5.97 Å². The smallest absolute Gasteiger partial charge is 0.340 e. The van der Waals surface area contributed by atoms with Crippen LogP contribution in [0.5, 0.6) is 5.75 Å². The van der Waals surface area contributed by atoms with E-state index in [0.29, 0.717) is 12.2 Å². The highest BCUT2D eigenvalue weighted by atomic mass is 16.6. The van der Waals surface area contributed by atoms with Gasteiger partial charge in [0.15, 0.2) is 6.23 Å². The van der Waals surface area contributed by atoms with Crippen molar-refractivity contribution in [3.05, 3.63) is 65.2 Å². The fourth-order valence-electron chi connectivity index (χ4n) is 2.43. The van der Waals surface area contributed by atoms with Crippen molar-refractivity contribution in [2.45, 2.75) is 26.1 Å². The molecule has 1 heterocycles. The van der Waals surface area contributed by atoms with Crippen LogP contribution >= 0.6 is 0 Å². The average molecular weight is 297 g/mol. The van der Waals surface area contributed by atoms with Crippen LogP contribution < -0.4 is 10.1 Å². The minimum absolute atomic E-state index is 0.0465. The van der Waals surface area contributed by atoms with E-state index in [1.54, 1.807) is 6.07 Å². The second-order valence-corrected chi connectivity index (χ2v) is 5.56. The van der Waals surface area contributed by atoms with Gasteiger partial charge in [0.25, 0.3) is 0 Å². The maximum atomic E-state index is 11.8. The number of carbonyl (C=O) groups is 1. The first kappa shape index (κ1) is 14.6. The molecule has 114 valence electrons. The number of nitrogens with one attached hydrogen (secondary N) is 1. The quantitative estimate of drug-likeness (QED) is 0.861. The van der Waals surface area contributed by atoms with Gasteiger partial charge in [0.05, 0.1) is 5.56 Å². The average Bonchev–Trinajstić information content (AvgIpc) is 2.83. The maximum absolute atomic E-state index is 11.8. The lowest BCUT2D eigenvalue weighted by atomic mass is 10.1. The Kier molecular flexibility index (Phi) is 4.11. The maximum Gasteiger partial charge on any atom is 0.340 e. The molecule has 22 heavy (non-hydrogen) atoms. The molecule has 3 rings (SSSR count). The Bertz CT molecular complexity index is 666. The van der Waals surface area contributed by atoms with Gasteiger partial charge in [0.2, 0.25) is 0 Å². The Morgan fingerprint density at radius 2 is 1.91 bits per heavy atom. The number of hydrogen-bond donors (Lipinski definition) is 1. The van der Waals surface area contributed by atoms with Crippen LogP contribution in [-0.2, 0) is 4.74 Å². The van der Waals surface area contributed by atoms with Crippen molar-refractivity contribution in [2.24, 2.45) is 0 Å². The minimum Gasteiger partial charge on any atom is -0.492 e. The summed E-state index contributed by atoms with van der Waals surface area (Å²) >= 11 is 0. The van der Waals surface area contributed by atoms with Crippen molar-refractivity contribution >= 4 is 5.97 Å². The van der Waals surface area contributed by atoms with Gasteiger partial charge in [-0.15, -0.1) is 0 Å². The minimum atomic E-state index is -0.402. The van der Waals surface area contributed by atoms with Crippen molar-refractivity contribution in [2.75, 3.05) is 6.61 Å². The fraction of sp³-hybridized carbons (Fsp3) is 0.278. The van der Waals surface area contributed by atoms with Crippen LogP contribution in [0.15, 0.2) is 48.5 Å². The normalized spacial score (nSPS) is 17.7. The molecular formula is C18H19NO3. The van der Waals surface area contributed by atoms with E-state index in [2.05, 4.69) is 5.32 Å². The number of benzene rings is 2. The van der Waals surface area contributed by atoms with Crippen LogP contribution in [0.2, 0.25) is 0 Å². The predicted molar refractivity (Wildman–Crippen MR) is 83.9 cm³/mol. The molecule has 0 fully saturated rings. The Balaban J connectivity index is 1.57. The molecule has 1 N–H and O–H groups in total. The highest BCUT2D eigenvalue weighted by molar-refractivity contribution is 5.93. The molecule has 1 aliphatic rings. The molecular weight excluding hydrogens is 278 g/mol. The summed E-state index contributed by atoms with van der Waals surface area (Å²) < 4.78 is 11.1. The molecule has 0 aromatic heterocycles. The molecule has 2 aromatic rings. The number of esters is 1. The summed E-state index contributed by atoms with van der Waals surface area (Å²) in [5.74, 6) is 0.558. The van der Waals surface area contributed by atoms with Crippen LogP contribution in [0.25, 0.3) is 0 Å². The van der Waals surface area contributed by atoms with Crippen LogP contribution in [0, 0.1) is 6.92 Å². The third kappa shape index (κ3) is 3.12. The van der Waals surface area contributed by atoms with Gasteiger partial charge in [0, 0.05) is 11.6 Å². The molecule has 4 nitrogen and oxygen atoms in total. The molecule has 4 heteroatoms. The molecule has 0 aliphatic carbocycles. The van der Waals surface area contributed by atoms with Crippen LogP contribution in [0.1, 0.15) is 34.6 Å². The van der Waals surface area contributed by atoms with Crippen LogP contribution in [-0.4, -0.2) is 18.6 Å². The molecule has 0 radical (unpaired) electrons. The molecule has 0 spiro atoms. The van der Waals surface area contributed by atoms with Crippen molar-refractivity contribution in [3.8, 4) is 5.75 Å². The van der Waals surface area contributed by atoms with E-state index in [0.717, 1.165) is 11.3 Å². The highest BCUT2D eigenvalue weighted by Gasteiger charge is 2.31. The van der Waals surface area contributed by atoms with Gasteiger partial charge < -0.3 is 9.47 Å². The van der Waals surface area contributed by atoms with Crippen molar-refractivity contribution < 1.29 is 14.3 Å². The van der Waals surface area contributed by atoms with Gasteiger partial charge in [-0.25, -0.2) is 4.79 Å². The Morgan fingerprint density at radius 3 is 2.68 bits per heavy atom. The summed E-state index contributed by atoms with van der Waals surface area (Å²) in [6.45, 7) is 4.54. The second kappa shape index (κ2) is 6.20. The van der Waals surface area contributed by atoms with E-state index >= 15 is 0 Å². The van der Waals surface area contributed by atoms with Gasteiger partial charge in [-0.3, -0.25) is 5.32 Å². The molecule has 2 unspecified atom stereocenters. The zero-order valence-electron chi connectivity index (χ0n) is 12.7. The van der Waals surface area contributed by atoms with E-state index in [9.17, 15) is 4.79 Å². The molecule has 0 amide bonds. The van der Waals surface area contributed by atoms with E-state index in [1.807, 2.05) is 56.3 Å². The van der Waals surface area contributed by atoms with E-state index in [1.165, 1.54) is 5.56 Å².